The Morgan fingerprint density at radius 2 is 2.28 bits per heavy atom. The van der Waals surface area contributed by atoms with E-state index in [0.29, 0.717) is 16.6 Å². The average molecular weight is 329 g/mol. The van der Waals surface area contributed by atoms with Gasteiger partial charge in [-0.25, -0.2) is 4.98 Å². The van der Waals surface area contributed by atoms with Gasteiger partial charge in [-0.15, -0.1) is 0 Å². The number of rotatable bonds is 3. The summed E-state index contributed by atoms with van der Waals surface area (Å²) < 4.78 is 6.82. The van der Waals surface area contributed by atoms with Crippen molar-refractivity contribution in [3.8, 4) is 0 Å². The molecule has 0 aliphatic heterocycles. The molecule has 0 saturated carbocycles. The molecule has 0 unspecified atom stereocenters. The minimum absolute atomic E-state index is 0.175. The van der Waals surface area contributed by atoms with Gasteiger partial charge in [-0.2, -0.15) is 4.37 Å². The molecule has 2 aromatic heterocycles. The average Bonchev–Trinajstić information content (AvgIpc) is 2.85. The van der Waals surface area contributed by atoms with Gasteiger partial charge in [0.2, 0.25) is 5.13 Å². The van der Waals surface area contributed by atoms with Gasteiger partial charge in [0.15, 0.2) is 0 Å². The zero-order valence-electron chi connectivity index (χ0n) is 10.3. The first-order valence-electron chi connectivity index (χ1n) is 5.46. The summed E-state index contributed by atoms with van der Waals surface area (Å²) >= 11 is 4.56. The molecule has 1 N–H and O–H groups in total. The molecule has 0 fully saturated rings. The number of hydrogen-bond acceptors (Lipinski definition) is 4. The van der Waals surface area contributed by atoms with Gasteiger partial charge in [-0.3, -0.25) is 10.1 Å². The third kappa shape index (κ3) is 2.78. The van der Waals surface area contributed by atoms with Crippen LogP contribution in [0.1, 0.15) is 36.2 Å². The van der Waals surface area contributed by atoms with E-state index in [-0.39, 0.29) is 11.9 Å². The Bertz CT molecular complexity index is 575. The number of aromatic nitrogens is 3. The van der Waals surface area contributed by atoms with Crippen molar-refractivity contribution >= 4 is 38.5 Å². The van der Waals surface area contributed by atoms with Crippen molar-refractivity contribution in [3.05, 3.63) is 28.3 Å². The normalized spacial score (nSPS) is 10.9. The largest absolute Gasteiger partial charge is 0.340 e. The van der Waals surface area contributed by atoms with Gasteiger partial charge in [0, 0.05) is 28.2 Å². The van der Waals surface area contributed by atoms with E-state index in [2.05, 4.69) is 30.6 Å². The summed E-state index contributed by atoms with van der Waals surface area (Å²) in [6.45, 7) is 5.84. The molecule has 0 radical (unpaired) electrons. The monoisotopic (exact) mass is 328 g/mol. The van der Waals surface area contributed by atoms with Crippen LogP contribution in [0.2, 0.25) is 0 Å². The topological polar surface area (TPSA) is 59.8 Å². The third-order valence-electron chi connectivity index (χ3n) is 2.35. The van der Waals surface area contributed by atoms with E-state index >= 15 is 0 Å². The molecule has 0 bridgehead atoms. The summed E-state index contributed by atoms with van der Waals surface area (Å²) in [6.07, 6.45) is 1.89. The van der Waals surface area contributed by atoms with Crippen molar-refractivity contribution < 1.29 is 4.79 Å². The predicted molar refractivity (Wildman–Crippen MR) is 75.1 cm³/mol. The molecule has 0 atom stereocenters. The molecule has 0 aromatic carbocycles. The van der Waals surface area contributed by atoms with Gasteiger partial charge in [0.1, 0.15) is 11.5 Å². The molecule has 5 nitrogen and oxygen atoms in total. The van der Waals surface area contributed by atoms with Gasteiger partial charge in [0.25, 0.3) is 5.91 Å². The highest BCUT2D eigenvalue weighted by Gasteiger charge is 2.16. The zero-order chi connectivity index (χ0) is 13.3. The Hall–Kier alpha value is -1.21. The molecule has 7 heteroatoms. The molecule has 0 aliphatic rings. The lowest BCUT2D eigenvalue weighted by molar-refractivity contribution is 0.101. The number of carbonyl (C=O) groups is 1. The number of amides is 1. The second-order valence-corrected chi connectivity index (χ2v) is 5.81. The van der Waals surface area contributed by atoms with Crippen LogP contribution >= 0.6 is 27.5 Å². The fraction of sp³-hybridized carbons (Fsp3) is 0.364. The fourth-order valence-electron chi connectivity index (χ4n) is 1.56. The maximum absolute atomic E-state index is 12.1. The fourth-order valence-corrected chi connectivity index (χ4v) is 2.57. The lowest BCUT2D eigenvalue weighted by Crippen LogP contribution is -2.17. The van der Waals surface area contributed by atoms with E-state index in [9.17, 15) is 4.79 Å². The van der Waals surface area contributed by atoms with Crippen LogP contribution in [-0.2, 0) is 0 Å². The zero-order valence-corrected chi connectivity index (χ0v) is 12.7. The number of aryl methyl sites for hydroxylation is 1. The highest BCUT2D eigenvalue weighted by molar-refractivity contribution is 9.10. The van der Waals surface area contributed by atoms with E-state index in [1.165, 1.54) is 11.5 Å². The third-order valence-corrected chi connectivity index (χ3v) is 3.51. The molecule has 2 rings (SSSR count). The molecule has 1 amide bonds. The molecular weight excluding hydrogens is 316 g/mol. The summed E-state index contributed by atoms with van der Waals surface area (Å²) in [6, 6.07) is 2.01. The number of nitrogens with one attached hydrogen (secondary N) is 1. The first kappa shape index (κ1) is 13.2. The van der Waals surface area contributed by atoms with Crippen molar-refractivity contribution in [2.45, 2.75) is 26.8 Å². The lowest BCUT2D eigenvalue weighted by atomic mass is 10.3. The van der Waals surface area contributed by atoms with E-state index in [1.807, 2.05) is 24.6 Å². The Balaban J connectivity index is 2.23. The lowest BCUT2D eigenvalue weighted by Gasteiger charge is -2.11. The molecule has 0 aliphatic carbocycles. The standard InChI is InChI=1S/C11H13BrN4OS/c1-6(2)16-5-8(12)4-9(16)10(17)14-11-13-7(3)15-18-11/h4-6H,1-3H3,(H,13,14,15,17). The van der Waals surface area contributed by atoms with Crippen molar-refractivity contribution in [2.75, 3.05) is 5.32 Å². The summed E-state index contributed by atoms with van der Waals surface area (Å²) in [5, 5.41) is 3.27. The van der Waals surface area contributed by atoms with E-state index in [1.54, 1.807) is 13.0 Å². The number of hydrogen-bond donors (Lipinski definition) is 1. The molecule has 18 heavy (non-hydrogen) atoms. The van der Waals surface area contributed by atoms with E-state index in [0.717, 1.165) is 4.47 Å². The predicted octanol–water partition coefficient (Wildman–Crippen LogP) is 3.24. The van der Waals surface area contributed by atoms with Crippen LogP contribution in [0.3, 0.4) is 0 Å². The number of carbonyl (C=O) groups excluding carboxylic acids is 1. The number of halogens is 1. The Kier molecular flexibility index (Phi) is 3.82. The minimum atomic E-state index is -0.175. The quantitative estimate of drug-likeness (QED) is 0.940. The molecular formula is C11H13BrN4OS. The highest BCUT2D eigenvalue weighted by Crippen LogP contribution is 2.21. The van der Waals surface area contributed by atoms with Gasteiger partial charge in [-0.1, -0.05) is 0 Å². The van der Waals surface area contributed by atoms with Crippen molar-refractivity contribution in [1.82, 2.24) is 13.9 Å². The number of nitrogens with zero attached hydrogens (tertiary/aromatic N) is 3. The van der Waals surface area contributed by atoms with Crippen LogP contribution in [0, 0.1) is 6.92 Å². The SMILES string of the molecule is Cc1nsc(NC(=O)c2cc(Br)cn2C(C)C)n1. The Morgan fingerprint density at radius 1 is 1.56 bits per heavy atom. The van der Waals surface area contributed by atoms with Crippen LogP contribution < -0.4 is 5.32 Å². The minimum Gasteiger partial charge on any atom is -0.340 e. The molecule has 2 aromatic rings. The Labute approximate surface area is 118 Å². The second kappa shape index (κ2) is 5.19. The molecule has 0 spiro atoms. The summed E-state index contributed by atoms with van der Waals surface area (Å²) in [5.41, 5.74) is 0.602. The summed E-state index contributed by atoms with van der Waals surface area (Å²) in [4.78, 5) is 16.3. The van der Waals surface area contributed by atoms with Crippen molar-refractivity contribution in [1.29, 1.82) is 0 Å². The highest BCUT2D eigenvalue weighted by atomic mass is 79.9. The van der Waals surface area contributed by atoms with Crippen molar-refractivity contribution in [3.63, 3.8) is 0 Å². The number of anilines is 1. The van der Waals surface area contributed by atoms with Gasteiger partial charge in [0.05, 0.1) is 0 Å². The van der Waals surface area contributed by atoms with Gasteiger partial charge >= 0.3 is 0 Å². The van der Waals surface area contributed by atoms with Gasteiger partial charge in [-0.05, 0) is 42.8 Å². The second-order valence-electron chi connectivity index (χ2n) is 4.15. The van der Waals surface area contributed by atoms with Crippen LogP contribution in [0.25, 0.3) is 0 Å². The molecule has 2 heterocycles. The summed E-state index contributed by atoms with van der Waals surface area (Å²) in [7, 11) is 0. The first-order valence-corrected chi connectivity index (χ1v) is 7.03. The summed E-state index contributed by atoms with van der Waals surface area (Å²) in [5.74, 6) is 0.487. The maximum Gasteiger partial charge on any atom is 0.274 e. The van der Waals surface area contributed by atoms with Crippen LogP contribution in [-0.4, -0.2) is 19.8 Å². The Morgan fingerprint density at radius 3 is 2.83 bits per heavy atom. The maximum atomic E-state index is 12.1. The van der Waals surface area contributed by atoms with Crippen LogP contribution in [0.15, 0.2) is 16.7 Å². The molecule has 96 valence electrons. The van der Waals surface area contributed by atoms with E-state index < -0.39 is 0 Å². The van der Waals surface area contributed by atoms with Gasteiger partial charge < -0.3 is 4.57 Å². The van der Waals surface area contributed by atoms with Crippen LogP contribution in [0.4, 0.5) is 5.13 Å². The van der Waals surface area contributed by atoms with Crippen molar-refractivity contribution in [2.24, 2.45) is 0 Å². The first-order chi connectivity index (χ1) is 8.47. The van der Waals surface area contributed by atoms with Crippen LogP contribution in [0.5, 0.6) is 0 Å². The molecule has 0 saturated heterocycles. The van der Waals surface area contributed by atoms with E-state index in [4.69, 9.17) is 0 Å². The smallest absolute Gasteiger partial charge is 0.274 e.